The SMILES string of the molecule is CC[C@H](C)NC(=O)[C@H](CC)N(Cc1ccc(Cl)cc1)C(=O)CCc1ccc2c(c1)OCO2. The Bertz CT molecular complexity index is 932. The highest BCUT2D eigenvalue weighted by atomic mass is 35.5. The molecule has 2 amide bonds. The smallest absolute Gasteiger partial charge is 0.243 e. The predicted molar refractivity (Wildman–Crippen MR) is 125 cm³/mol. The van der Waals surface area contributed by atoms with Gasteiger partial charge in [0, 0.05) is 24.0 Å². The number of benzene rings is 2. The summed E-state index contributed by atoms with van der Waals surface area (Å²) in [5.41, 5.74) is 1.92. The van der Waals surface area contributed by atoms with E-state index in [1.165, 1.54) is 0 Å². The van der Waals surface area contributed by atoms with Crippen molar-refractivity contribution in [3.8, 4) is 11.5 Å². The average Bonchev–Trinajstić information content (AvgIpc) is 3.26. The first-order valence-electron chi connectivity index (χ1n) is 11.1. The summed E-state index contributed by atoms with van der Waals surface area (Å²) >= 11 is 6.02. The first-order valence-corrected chi connectivity index (χ1v) is 11.5. The highest BCUT2D eigenvalue weighted by Crippen LogP contribution is 2.32. The lowest BCUT2D eigenvalue weighted by Gasteiger charge is -2.31. The number of ether oxygens (including phenoxy) is 2. The monoisotopic (exact) mass is 458 g/mol. The third kappa shape index (κ3) is 6.16. The Labute approximate surface area is 194 Å². The number of carbonyl (C=O) groups is 2. The van der Waals surface area contributed by atoms with Crippen molar-refractivity contribution >= 4 is 23.4 Å². The van der Waals surface area contributed by atoms with Gasteiger partial charge in [0.2, 0.25) is 18.6 Å². The Hall–Kier alpha value is -2.73. The number of halogens is 1. The number of hydrogen-bond donors (Lipinski definition) is 1. The van der Waals surface area contributed by atoms with Crippen molar-refractivity contribution < 1.29 is 19.1 Å². The van der Waals surface area contributed by atoms with E-state index in [-0.39, 0.29) is 24.6 Å². The van der Waals surface area contributed by atoms with E-state index in [9.17, 15) is 9.59 Å². The van der Waals surface area contributed by atoms with E-state index in [1.54, 1.807) is 17.0 Å². The second kappa shape index (κ2) is 11.2. The first-order chi connectivity index (χ1) is 15.4. The van der Waals surface area contributed by atoms with Crippen LogP contribution in [-0.2, 0) is 22.6 Å². The average molecular weight is 459 g/mol. The van der Waals surface area contributed by atoms with Crippen molar-refractivity contribution in [3.05, 3.63) is 58.6 Å². The summed E-state index contributed by atoms with van der Waals surface area (Å²) < 4.78 is 10.8. The number of aryl methyl sites for hydroxylation is 1. The van der Waals surface area contributed by atoms with Crippen molar-refractivity contribution in [2.24, 2.45) is 0 Å². The van der Waals surface area contributed by atoms with Crippen LogP contribution in [0, 0.1) is 0 Å². The summed E-state index contributed by atoms with van der Waals surface area (Å²) in [5.74, 6) is 1.24. The Balaban J connectivity index is 1.75. The van der Waals surface area contributed by atoms with E-state index in [0.29, 0.717) is 36.6 Å². The number of amides is 2. The van der Waals surface area contributed by atoms with Gasteiger partial charge in [0.1, 0.15) is 6.04 Å². The minimum Gasteiger partial charge on any atom is -0.454 e. The van der Waals surface area contributed by atoms with Crippen LogP contribution in [0.25, 0.3) is 0 Å². The quantitative estimate of drug-likeness (QED) is 0.559. The number of nitrogens with zero attached hydrogens (tertiary/aromatic N) is 1. The maximum Gasteiger partial charge on any atom is 0.243 e. The van der Waals surface area contributed by atoms with Crippen LogP contribution in [0.5, 0.6) is 11.5 Å². The van der Waals surface area contributed by atoms with E-state index < -0.39 is 6.04 Å². The molecule has 0 fully saturated rings. The van der Waals surface area contributed by atoms with Crippen LogP contribution in [-0.4, -0.2) is 35.6 Å². The van der Waals surface area contributed by atoms with Crippen molar-refractivity contribution in [3.63, 3.8) is 0 Å². The van der Waals surface area contributed by atoms with Crippen LogP contribution < -0.4 is 14.8 Å². The van der Waals surface area contributed by atoms with Gasteiger partial charge in [-0.05, 0) is 61.6 Å². The second-order valence-electron chi connectivity index (χ2n) is 8.08. The summed E-state index contributed by atoms with van der Waals surface area (Å²) in [5, 5.41) is 3.66. The molecule has 0 saturated heterocycles. The fourth-order valence-corrected chi connectivity index (χ4v) is 3.76. The van der Waals surface area contributed by atoms with E-state index in [2.05, 4.69) is 5.32 Å². The standard InChI is InChI=1S/C25H31ClN2O4/c1-4-17(3)27-25(30)21(5-2)28(15-19-6-10-20(26)11-7-19)24(29)13-9-18-8-12-22-23(14-18)32-16-31-22/h6-8,10-12,14,17,21H,4-5,9,13,15-16H2,1-3H3,(H,27,30)/t17-,21-/m0/s1. The van der Waals surface area contributed by atoms with Crippen molar-refractivity contribution in [1.82, 2.24) is 10.2 Å². The highest BCUT2D eigenvalue weighted by Gasteiger charge is 2.29. The van der Waals surface area contributed by atoms with Crippen LogP contribution in [0.2, 0.25) is 5.02 Å². The van der Waals surface area contributed by atoms with Gasteiger partial charge in [-0.2, -0.15) is 0 Å². The van der Waals surface area contributed by atoms with Crippen LogP contribution in [0.4, 0.5) is 0 Å². The summed E-state index contributed by atoms with van der Waals surface area (Å²) in [6.45, 7) is 6.49. The summed E-state index contributed by atoms with van der Waals surface area (Å²) in [6, 6.07) is 12.6. The number of nitrogens with one attached hydrogen (secondary N) is 1. The van der Waals surface area contributed by atoms with E-state index in [1.807, 2.05) is 51.1 Å². The van der Waals surface area contributed by atoms with Gasteiger partial charge in [-0.1, -0.05) is 43.6 Å². The van der Waals surface area contributed by atoms with Gasteiger partial charge in [-0.25, -0.2) is 0 Å². The van der Waals surface area contributed by atoms with Crippen LogP contribution in [0.1, 0.15) is 51.2 Å². The molecule has 6 nitrogen and oxygen atoms in total. The third-order valence-corrected chi connectivity index (χ3v) is 5.97. The first kappa shape index (κ1) is 23.9. The molecular formula is C25H31ClN2O4. The van der Waals surface area contributed by atoms with Crippen LogP contribution in [0.3, 0.4) is 0 Å². The van der Waals surface area contributed by atoms with Gasteiger partial charge in [0.15, 0.2) is 11.5 Å². The van der Waals surface area contributed by atoms with E-state index in [4.69, 9.17) is 21.1 Å². The van der Waals surface area contributed by atoms with Gasteiger partial charge in [0.05, 0.1) is 0 Å². The molecule has 2 atom stereocenters. The zero-order valence-corrected chi connectivity index (χ0v) is 19.7. The zero-order valence-electron chi connectivity index (χ0n) is 18.9. The van der Waals surface area contributed by atoms with Gasteiger partial charge in [0.25, 0.3) is 0 Å². The molecule has 1 aliphatic rings. The fourth-order valence-electron chi connectivity index (χ4n) is 3.64. The maximum absolute atomic E-state index is 13.3. The Morgan fingerprint density at radius 1 is 1.03 bits per heavy atom. The second-order valence-corrected chi connectivity index (χ2v) is 8.51. The van der Waals surface area contributed by atoms with Crippen molar-refractivity contribution in [2.75, 3.05) is 6.79 Å². The maximum atomic E-state index is 13.3. The van der Waals surface area contributed by atoms with Crippen molar-refractivity contribution in [2.45, 2.75) is 65.1 Å². The van der Waals surface area contributed by atoms with Gasteiger partial charge in [-0.15, -0.1) is 0 Å². The summed E-state index contributed by atoms with van der Waals surface area (Å²) in [7, 11) is 0. The molecule has 2 aromatic carbocycles. The molecule has 1 heterocycles. The Morgan fingerprint density at radius 3 is 2.41 bits per heavy atom. The largest absolute Gasteiger partial charge is 0.454 e. The molecule has 1 N–H and O–H groups in total. The zero-order chi connectivity index (χ0) is 23.1. The molecule has 0 unspecified atom stereocenters. The number of carbonyl (C=O) groups excluding carboxylic acids is 2. The van der Waals surface area contributed by atoms with Crippen LogP contribution >= 0.6 is 11.6 Å². The van der Waals surface area contributed by atoms with Gasteiger partial charge >= 0.3 is 0 Å². The highest BCUT2D eigenvalue weighted by molar-refractivity contribution is 6.30. The summed E-state index contributed by atoms with van der Waals surface area (Å²) in [4.78, 5) is 28.0. The fraction of sp³-hybridized carbons (Fsp3) is 0.440. The molecule has 1 aliphatic heterocycles. The minimum absolute atomic E-state index is 0.0534. The third-order valence-electron chi connectivity index (χ3n) is 5.72. The Kier molecular flexibility index (Phi) is 8.39. The minimum atomic E-state index is -0.538. The molecule has 0 aliphatic carbocycles. The van der Waals surface area contributed by atoms with Crippen LogP contribution in [0.15, 0.2) is 42.5 Å². The van der Waals surface area contributed by atoms with E-state index >= 15 is 0 Å². The normalized spacial score (nSPS) is 14.0. The number of rotatable bonds is 10. The molecule has 172 valence electrons. The molecule has 0 bridgehead atoms. The number of fused-ring (bicyclic) bond motifs is 1. The molecule has 0 saturated carbocycles. The lowest BCUT2D eigenvalue weighted by molar-refractivity contribution is -0.141. The molecule has 0 aromatic heterocycles. The molecule has 3 rings (SSSR count). The Morgan fingerprint density at radius 2 is 1.72 bits per heavy atom. The number of hydrogen-bond acceptors (Lipinski definition) is 4. The molecule has 7 heteroatoms. The molecule has 32 heavy (non-hydrogen) atoms. The van der Waals surface area contributed by atoms with Gasteiger partial charge < -0.3 is 19.7 Å². The topological polar surface area (TPSA) is 67.9 Å². The van der Waals surface area contributed by atoms with Crippen molar-refractivity contribution in [1.29, 1.82) is 0 Å². The van der Waals surface area contributed by atoms with E-state index in [0.717, 1.165) is 23.3 Å². The molecule has 0 spiro atoms. The predicted octanol–water partition coefficient (Wildman–Crippen LogP) is 4.72. The lowest BCUT2D eigenvalue weighted by Crippen LogP contribution is -2.50. The molecule has 2 aromatic rings. The molecular weight excluding hydrogens is 428 g/mol. The summed E-state index contributed by atoms with van der Waals surface area (Å²) in [6.07, 6.45) is 2.21. The van der Waals surface area contributed by atoms with Gasteiger partial charge in [-0.3, -0.25) is 9.59 Å². The molecule has 0 radical (unpaired) electrons. The lowest BCUT2D eigenvalue weighted by atomic mass is 10.1.